The van der Waals surface area contributed by atoms with Crippen LogP contribution in [0.4, 0.5) is 18.9 Å². The highest BCUT2D eigenvalue weighted by Crippen LogP contribution is 2.33. The van der Waals surface area contributed by atoms with Gasteiger partial charge >= 0.3 is 6.18 Å². The van der Waals surface area contributed by atoms with Crippen LogP contribution in [0.25, 0.3) is 0 Å². The van der Waals surface area contributed by atoms with Gasteiger partial charge in [0.05, 0.1) is 22.4 Å². The molecule has 0 saturated carbocycles. The van der Waals surface area contributed by atoms with E-state index in [1.165, 1.54) is 0 Å². The number of anilines is 1. The molecular weight excluding hydrogens is 283 g/mol. The molecule has 0 aliphatic heterocycles. The first-order chi connectivity index (χ1) is 8.70. The van der Waals surface area contributed by atoms with E-state index >= 15 is 0 Å². The third kappa shape index (κ3) is 5.08. The Morgan fingerprint density at radius 2 is 2.05 bits per heavy atom. The van der Waals surface area contributed by atoms with Crippen LogP contribution in [0.15, 0.2) is 18.2 Å². The molecule has 0 aliphatic rings. The first kappa shape index (κ1) is 15.8. The average Bonchev–Trinajstić information content (AvgIpc) is 2.27. The molecule has 0 atom stereocenters. The number of alkyl halides is 3. The maximum absolute atomic E-state index is 12.4. The molecule has 3 nitrogen and oxygen atoms in total. The predicted molar refractivity (Wildman–Crippen MR) is 66.2 cm³/mol. The second-order valence-corrected chi connectivity index (χ2v) is 4.51. The number of hydrogen-bond donors (Lipinski definition) is 1. The Kier molecular flexibility index (Phi) is 5.20. The Morgan fingerprint density at radius 1 is 1.42 bits per heavy atom. The smallest absolute Gasteiger partial charge is 0.369 e. The standard InChI is InChI=1S/C12H13ClF3NO2/c1-7(2)19-6-11(18)17-10-4-3-8(5-9(10)13)12(14,15)16/h3-5,7H,6H2,1-2H3,(H,17,18). The fourth-order valence-electron chi connectivity index (χ4n) is 1.22. The molecule has 0 fully saturated rings. The lowest BCUT2D eigenvalue weighted by Crippen LogP contribution is -2.21. The molecule has 0 unspecified atom stereocenters. The van der Waals surface area contributed by atoms with Gasteiger partial charge in [-0.25, -0.2) is 0 Å². The van der Waals surface area contributed by atoms with Crippen molar-refractivity contribution in [2.45, 2.75) is 26.1 Å². The SMILES string of the molecule is CC(C)OCC(=O)Nc1ccc(C(F)(F)F)cc1Cl. The van der Waals surface area contributed by atoms with E-state index < -0.39 is 17.6 Å². The number of halogens is 4. The molecule has 0 bridgehead atoms. The van der Waals surface area contributed by atoms with E-state index in [1.54, 1.807) is 13.8 Å². The summed E-state index contributed by atoms with van der Waals surface area (Å²) in [5.41, 5.74) is -0.749. The summed E-state index contributed by atoms with van der Waals surface area (Å²) in [6, 6.07) is 2.73. The molecule has 19 heavy (non-hydrogen) atoms. The van der Waals surface area contributed by atoms with Gasteiger partial charge in [-0.1, -0.05) is 11.6 Å². The second kappa shape index (κ2) is 6.25. The quantitative estimate of drug-likeness (QED) is 0.919. The molecule has 106 valence electrons. The van der Waals surface area contributed by atoms with Gasteiger partial charge < -0.3 is 10.1 Å². The Labute approximate surface area is 113 Å². The minimum absolute atomic E-state index is 0.117. The molecule has 7 heteroatoms. The van der Waals surface area contributed by atoms with Crippen molar-refractivity contribution in [3.8, 4) is 0 Å². The number of carbonyl (C=O) groups excluding carboxylic acids is 1. The number of carbonyl (C=O) groups is 1. The monoisotopic (exact) mass is 295 g/mol. The van der Waals surface area contributed by atoms with E-state index in [4.69, 9.17) is 16.3 Å². The molecule has 0 heterocycles. The fourth-order valence-corrected chi connectivity index (χ4v) is 1.45. The van der Waals surface area contributed by atoms with Crippen LogP contribution in [0.1, 0.15) is 19.4 Å². The van der Waals surface area contributed by atoms with Gasteiger partial charge in [-0.3, -0.25) is 4.79 Å². The third-order valence-corrected chi connectivity index (χ3v) is 2.43. The maximum atomic E-state index is 12.4. The van der Waals surface area contributed by atoms with Crippen LogP contribution < -0.4 is 5.32 Å². The first-order valence-corrected chi connectivity index (χ1v) is 5.86. The highest BCUT2D eigenvalue weighted by molar-refractivity contribution is 6.33. The topological polar surface area (TPSA) is 38.3 Å². The molecule has 1 aromatic rings. The molecule has 1 rings (SSSR count). The number of amides is 1. The van der Waals surface area contributed by atoms with Crippen molar-refractivity contribution in [2.75, 3.05) is 11.9 Å². The van der Waals surface area contributed by atoms with Crippen LogP contribution in [0.2, 0.25) is 5.02 Å². The molecule has 1 amide bonds. The Morgan fingerprint density at radius 3 is 2.53 bits per heavy atom. The molecule has 0 aromatic heterocycles. The first-order valence-electron chi connectivity index (χ1n) is 5.48. The van der Waals surface area contributed by atoms with Crippen molar-refractivity contribution in [2.24, 2.45) is 0 Å². The highest BCUT2D eigenvalue weighted by atomic mass is 35.5. The van der Waals surface area contributed by atoms with Gasteiger partial charge in [0.25, 0.3) is 0 Å². The Bertz CT molecular complexity index is 461. The van der Waals surface area contributed by atoms with E-state index in [2.05, 4.69) is 5.32 Å². The van der Waals surface area contributed by atoms with Crippen molar-refractivity contribution in [3.63, 3.8) is 0 Å². The minimum atomic E-state index is -4.47. The maximum Gasteiger partial charge on any atom is 0.416 e. The van der Waals surface area contributed by atoms with Crippen molar-refractivity contribution < 1.29 is 22.7 Å². The lowest BCUT2D eigenvalue weighted by atomic mass is 10.2. The number of hydrogen-bond acceptors (Lipinski definition) is 2. The molecule has 0 saturated heterocycles. The summed E-state index contributed by atoms with van der Waals surface area (Å²) in [5.74, 6) is -0.477. The Hall–Kier alpha value is -1.27. The van der Waals surface area contributed by atoms with E-state index in [0.717, 1.165) is 18.2 Å². The summed E-state index contributed by atoms with van der Waals surface area (Å²) in [4.78, 5) is 11.4. The molecular formula is C12H13ClF3NO2. The van der Waals surface area contributed by atoms with Crippen LogP contribution in [-0.2, 0) is 15.7 Å². The van der Waals surface area contributed by atoms with Gasteiger partial charge in [-0.2, -0.15) is 13.2 Å². The van der Waals surface area contributed by atoms with Gasteiger partial charge in [0.2, 0.25) is 5.91 Å². The molecule has 1 N–H and O–H groups in total. The second-order valence-electron chi connectivity index (χ2n) is 4.10. The summed E-state index contributed by atoms with van der Waals surface area (Å²) in [5, 5.41) is 2.21. The zero-order chi connectivity index (χ0) is 14.6. The van der Waals surface area contributed by atoms with Crippen molar-refractivity contribution in [3.05, 3.63) is 28.8 Å². The van der Waals surface area contributed by atoms with Gasteiger partial charge in [-0.15, -0.1) is 0 Å². The molecule has 0 aliphatic carbocycles. The number of rotatable bonds is 4. The summed E-state index contributed by atoms with van der Waals surface area (Å²) in [7, 11) is 0. The van der Waals surface area contributed by atoms with Gasteiger partial charge in [0, 0.05) is 0 Å². The summed E-state index contributed by atoms with van der Waals surface area (Å²) in [6.45, 7) is 3.34. The van der Waals surface area contributed by atoms with Crippen LogP contribution >= 0.6 is 11.6 Å². The van der Waals surface area contributed by atoms with Crippen LogP contribution in [-0.4, -0.2) is 18.6 Å². The van der Waals surface area contributed by atoms with E-state index in [9.17, 15) is 18.0 Å². The fraction of sp³-hybridized carbons (Fsp3) is 0.417. The third-order valence-electron chi connectivity index (χ3n) is 2.12. The van der Waals surface area contributed by atoms with Crippen LogP contribution in [0.5, 0.6) is 0 Å². The molecule has 0 spiro atoms. The normalized spacial score (nSPS) is 11.7. The number of ether oxygens (including phenoxy) is 1. The van der Waals surface area contributed by atoms with E-state index in [-0.39, 0.29) is 23.4 Å². The summed E-state index contributed by atoms with van der Waals surface area (Å²) < 4.78 is 42.3. The average molecular weight is 296 g/mol. The van der Waals surface area contributed by atoms with Crippen LogP contribution in [0.3, 0.4) is 0 Å². The predicted octanol–water partition coefficient (Wildman–Crippen LogP) is 3.72. The largest absolute Gasteiger partial charge is 0.416 e. The van der Waals surface area contributed by atoms with Gasteiger partial charge in [0.1, 0.15) is 6.61 Å². The molecule has 0 radical (unpaired) electrons. The van der Waals surface area contributed by atoms with Crippen molar-refractivity contribution in [1.29, 1.82) is 0 Å². The zero-order valence-corrected chi connectivity index (χ0v) is 11.1. The van der Waals surface area contributed by atoms with Crippen molar-refractivity contribution >= 4 is 23.2 Å². The van der Waals surface area contributed by atoms with Crippen molar-refractivity contribution in [1.82, 2.24) is 0 Å². The van der Waals surface area contributed by atoms with Gasteiger partial charge in [0.15, 0.2) is 0 Å². The zero-order valence-electron chi connectivity index (χ0n) is 10.3. The van der Waals surface area contributed by atoms with Gasteiger partial charge in [-0.05, 0) is 32.0 Å². The highest BCUT2D eigenvalue weighted by Gasteiger charge is 2.30. The summed E-state index contributed by atoms with van der Waals surface area (Å²) in [6.07, 6.45) is -4.58. The lowest BCUT2D eigenvalue weighted by molar-refractivity contribution is -0.137. The van der Waals surface area contributed by atoms with Crippen LogP contribution in [0, 0.1) is 0 Å². The van der Waals surface area contributed by atoms with E-state index in [1.807, 2.05) is 0 Å². The van der Waals surface area contributed by atoms with E-state index in [0.29, 0.717) is 0 Å². The summed E-state index contributed by atoms with van der Waals surface area (Å²) >= 11 is 5.69. The Balaban J connectivity index is 2.73. The number of benzene rings is 1. The number of nitrogens with one attached hydrogen (secondary N) is 1. The lowest BCUT2D eigenvalue weighted by Gasteiger charge is -2.12. The minimum Gasteiger partial charge on any atom is -0.369 e. The molecule has 1 aromatic carbocycles.